The number of thiazole rings is 1. The summed E-state index contributed by atoms with van der Waals surface area (Å²) in [4.78, 5) is 8.29. The van der Waals surface area contributed by atoms with E-state index in [1.807, 2.05) is 31.2 Å². The number of aromatic nitrogens is 3. The van der Waals surface area contributed by atoms with Crippen molar-refractivity contribution in [3.63, 3.8) is 0 Å². The molecular weight excluding hydrogens is 400 g/mol. The van der Waals surface area contributed by atoms with Gasteiger partial charge in [0, 0.05) is 17.4 Å². The molecule has 0 radical (unpaired) electrons. The number of rotatable bonds is 6. The summed E-state index contributed by atoms with van der Waals surface area (Å²) in [7, 11) is 3.90. The van der Waals surface area contributed by atoms with Gasteiger partial charge in [0.2, 0.25) is 0 Å². The van der Waals surface area contributed by atoms with Crippen molar-refractivity contribution in [2.24, 2.45) is 0 Å². The summed E-state index contributed by atoms with van der Waals surface area (Å²) in [6.07, 6.45) is 3.93. The zero-order chi connectivity index (χ0) is 20.2. The van der Waals surface area contributed by atoms with Crippen LogP contribution in [0.2, 0.25) is 0 Å². The number of aryl methyl sites for hydroxylation is 1. The van der Waals surface area contributed by atoms with Gasteiger partial charge in [-0.1, -0.05) is 6.42 Å². The Bertz CT molecular complexity index is 940. The molecule has 1 saturated heterocycles. The predicted molar refractivity (Wildman–Crippen MR) is 121 cm³/mol. The van der Waals surface area contributed by atoms with Gasteiger partial charge in [0.05, 0.1) is 17.7 Å². The van der Waals surface area contributed by atoms with E-state index in [4.69, 9.17) is 9.72 Å². The van der Waals surface area contributed by atoms with Gasteiger partial charge in [0.25, 0.3) is 0 Å². The van der Waals surface area contributed by atoms with Gasteiger partial charge in [-0.2, -0.15) is 0 Å². The standard InChI is InChI=1S/C22H26N4OS2/c1-15-21(29-22(23-15)16-7-9-18(27-3)10-8-16)19-11-12-20(25-24-19)28-14-17-6-4-5-13-26(17)2/h7-12,17H,4-6,13-14H2,1-3H3. The van der Waals surface area contributed by atoms with Gasteiger partial charge < -0.3 is 9.64 Å². The molecule has 1 fully saturated rings. The Morgan fingerprint density at radius 3 is 2.66 bits per heavy atom. The topological polar surface area (TPSA) is 51.1 Å². The zero-order valence-electron chi connectivity index (χ0n) is 17.1. The van der Waals surface area contributed by atoms with Crippen molar-refractivity contribution >= 4 is 23.1 Å². The summed E-state index contributed by atoms with van der Waals surface area (Å²) >= 11 is 3.46. The summed E-state index contributed by atoms with van der Waals surface area (Å²) in [5.74, 6) is 1.92. The molecule has 0 saturated carbocycles. The number of nitrogens with zero attached hydrogens (tertiary/aromatic N) is 4. The molecule has 1 unspecified atom stereocenters. The van der Waals surface area contributed by atoms with Crippen molar-refractivity contribution in [3.05, 3.63) is 42.1 Å². The number of ether oxygens (including phenoxy) is 1. The van der Waals surface area contributed by atoms with Gasteiger partial charge in [-0.3, -0.25) is 0 Å². The Labute approximate surface area is 180 Å². The van der Waals surface area contributed by atoms with Gasteiger partial charge in [-0.15, -0.1) is 33.3 Å². The Morgan fingerprint density at radius 1 is 1.14 bits per heavy atom. The lowest BCUT2D eigenvalue weighted by Gasteiger charge is -2.31. The van der Waals surface area contributed by atoms with Crippen molar-refractivity contribution in [2.45, 2.75) is 37.3 Å². The molecule has 3 aromatic rings. The molecule has 2 aromatic heterocycles. The molecule has 3 heterocycles. The van der Waals surface area contributed by atoms with Crippen LogP contribution < -0.4 is 4.74 Å². The normalized spacial score (nSPS) is 17.4. The largest absolute Gasteiger partial charge is 0.497 e. The average molecular weight is 427 g/mol. The minimum atomic E-state index is 0.644. The van der Waals surface area contributed by atoms with Gasteiger partial charge in [0.15, 0.2) is 0 Å². The van der Waals surface area contributed by atoms with Crippen molar-refractivity contribution in [3.8, 4) is 26.9 Å². The van der Waals surface area contributed by atoms with Gasteiger partial charge in [-0.05, 0) is 69.8 Å². The highest BCUT2D eigenvalue weighted by molar-refractivity contribution is 7.99. The first-order valence-corrected chi connectivity index (χ1v) is 11.7. The molecule has 0 aliphatic carbocycles. The van der Waals surface area contributed by atoms with Crippen LogP contribution in [0.1, 0.15) is 25.0 Å². The number of likely N-dealkylation sites (tertiary alicyclic amines) is 1. The van der Waals surface area contributed by atoms with Crippen LogP contribution in [0.25, 0.3) is 21.1 Å². The summed E-state index contributed by atoms with van der Waals surface area (Å²) in [6.45, 7) is 3.24. The highest BCUT2D eigenvalue weighted by Gasteiger charge is 2.19. The average Bonchev–Trinajstić information content (AvgIpc) is 3.15. The first-order valence-electron chi connectivity index (χ1n) is 9.93. The van der Waals surface area contributed by atoms with E-state index in [1.54, 1.807) is 30.2 Å². The number of hydrogen-bond donors (Lipinski definition) is 0. The molecule has 5 nitrogen and oxygen atoms in total. The molecule has 1 aliphatic rings. The fourth-order valence-electron chi connectivity index (χ4n) is 3.55. The van der Waals surface area contributed by atoms with Crippen LogP contribution in [-0.2, 0) is 0 Å². The highest BCUT2D eigenvalue weighted by atomic mass is 32.2. The number of hydrogen-bond acceptors (Lipinski definition) is 7. The SMILES string of the molecule is COc1ccc(-c2nc(C)c(-c3ccc(SCC4CCCCN4C)nn3)s2)cc1. The predicted octanol–water partition coefficient (Wildman–Crippen LogP) is 5.16. The maximum Gasteiger partial charge on any atom is 0.124 e. The van der Waals surface area contributed by atoms with Gasteiger partial charge >= 0.3 is 0 Å². The van der Waals surface area contributed by atoms with Crippen LogP contribution in [0.4, 0.5) is 0 Å². The summed E-state index contributed by atoms with van der Waals surface area (Å²) in [5.41, 5.74) is 2.96. The van der Waals surface area contributed by atoms with Gasteiger partial charge in [0.1, 0.15) is 21.5 Å². The van der Waals surface area contributed by atoms with Crippen LogP contribution >= 0.6 is 23.1 Å². The lowest BCUT2D eigenvalue weighted by Crippen LogP contribution is -2.37. The van der Waals surface area contributed by atoms with E-state index < -0.39 is 0 Å². The second-order valence-electron chi connectivity index (χ2n) is 7.36. The van der Waals surface area contributed by atoms with Crippen molar-refractivity contribution in [2.75, 3.05) is 26.5 Å². The molecule has 0 spiro atoms. The van der Waals surface area contributed by atoms with E-state index >= 15 is 0 Å². The minimum absolute atomic E-state index is 0.644. The highest BCUT2D eigenvalue weighted by Crippen LogP contribution is 2.35. The Hall–Kier alpha value is -1.96. The first kappa shape index (κ1) is 20.3. The second kappa shape index (κ2) is 9.24. The molecule has 0 bridgehead atoms. The molecule has 29 heavy (non-hydrogen) atoms. The molecule has 1 atom stereocenters. The van der Waals surface area contributed by atoms with Crippen molar-refractivity contribution in [1.82, 2.24) is 20.1 Å². The molecule has 0 N–H and O–H groups in total. The molecule has 0 amide bonds. The molecule has 1 aliphatic heterocycles. The lowest BCUT2D eigenvalue weighted by atomic mass is 10.1. The Kier molecular flexibility index (Phi) is 6.47. The third-order valence-electron chi connectivity index (χ3n) is 5.35. The van der Waals surface area contributed by atoms with E-state index in [-0.39, 0.29) is 0 Å². The summed E-state index contributed by atoms with van der Waals surface area (Å²) in [6, 6.07) is 12.8. The summed E-state index contributed by atoms with van der Waals surface area (Å²) < 4.78 is 5.24. The molecule has 4 rings (SSSR count). The zero-order valence-corrected chi connectivity index (χ0v) is 18.7. The maximum absolute atomic E-state index is 5.24. The molecule has 1 aromatic carbocycles. The first-order chi connectivity index (χ1) is 14.1. The summed E-state index contributed by atoms with van der Waals surface area (Å²) in [5, 5.41) is 10.9. The fraction of sp³-hybridized carbons (Fsp3) is 0.409. The van der Waals surface area contributed by atoms with E-state index in [9.17, 15) is 0 Å². The fourth-order valence-corrected chi connectivity index (χ4v) is 5.63. The van der Waals surface area contributed by atoms with E-state index in [2.05, 4.69) is 34.3 Å². The number of methoxy groups -OCH3 is 1. The Morgan fingerprint density at radius 2 is 1.97 bits per heavy atom. The van der Waals surface area contributed by atoms with E-state index in [0.29, 0.717) is 6.04 Å². The van der Waals surface area contributed by atoms with Crippen molar-refractivity contribution in [1.29, 1.82) is 0 Å². The molecule has 152 valence electrons. The third-order valence-corrected chi connectivity index (χ3v) is 7.65. The van der Waals surface area contributed by atoms with E-state index in [1.165, 1.54) is 25.8 Å². The lowest BCUT2D eigenvalue weighted by molar-refractivity contribution is 0.204. The Balaban J connectivity index is 1.45. The number of piperidine rings is 1. The van der Waals surface area contributed by atoms with Crippen LogP contribution in [0.5, 0.6) is 5.75 Å². The van der Waals surface area contributed by atoms with Crippen LogP contribution in [0.15, 0.2) is 41.4 Å². The van der Waals surface area contributed by atoms with Crippen molar-refractivity contribution < 1.29 is 4.74 Å². The second-order valence-corrected chi connectivity index (χ2v) is 9.40. The maximum atomic E-state index is 5.24. The molecular formula is C22H26N4OS2. The quantitative estimate of drug-likeness (QED) is 0.508. The van der Waals surface area contributed by atoms with Crippen LogP contribution in [-0.4, -0.2) is 52.6 Å². The third kappa shape index (κ3) is 4.79. The van der Waals surface area contributed by atoms with Crippen LogP contribution in [0.3, 0.4) is 0 Å². The number of thioether (sulfide) groups is 1. The monoisotopic (exact) mass is 426 g/mol. The van der Waals surface area contributed by atoms with E-state index in [0.717, 1.165) is 43.4 Å². The number of benzene rings is 1. The smallest absolute Gasteiger partial charge is 0.124 e. The molecule has 7 heteroatoms. The van der Waals surface area contributed by atoms with Gasteiger partial charge in [-0.25, -0.2) is 4.98 Å². The minimum Gasteiger partial charge on any atom is -0.497 e. The van der Waals surface area contributed by atoms with Crippen LogP contribution in [0, 0.1) is 6.92 Å².